The number of aryl methyl sites for hydroxylation is 2. The number of carbonyl (C=O) groups is 1. The molecule has 0 atom stereocenters. The molecule has 1 saturated heterocycles. The summed E-state index contributed by atoms with van der Waals surface area (Å²) in [6, 6.07) is 13.9. The lowest BCUT2D eigenvalue weighted by Gasteiger charge is -2.34. The average Bonchev–Trinajstić information content (AvgIpc) is 3.10. The standard InChI is InChI=1S/C37H44F2N6O5/c1-6-13-43-14-16-44(17-15-43)18-19-49-33-9-7-29(23-31(33)39)41-36-40-12-11-34(42-36)45(24-27-22-30(47-4)8-10-32(27)48-5)37(46)50-35-25(2)20-28(38)21-26(35)3/h7-12,20-23H,6,13-19,24H2,1-5H3,(H,40,41,42). The number of nitrogens with zero attached hydrogens (tertiary/aromatic N) is 5. The molecule has 13 heteroatoms. The number of halogens is 2. The first-order valence-electron chi connectivity index (χ1n) is 16.6. The molecule has 4 aromatic rings. The number of ether oxygens (including phenoxy) is 4. The number of hydrogen-bond acceptors (Lipinski definition) is 10. The van der Waals surface area contributed by atoms with Gasteiger partial charge < -0.3 is 29.2 Å². The summed E-state index contributed by atoms with van der Waals surface area (Å²) in [4.78, 5) is 28.8. The largest absolute Gasteiger partial charge is 0.497 e. The van der Waals surface area contributed by atoms with Crippen LogP contribution in [0, 0.1) is 25.5 Å². The van der Waals surface area contributed by atoms with E-state index in [1.807, 2.05) is 0 Å². The summed E-state index contributed by atoms with van der Waals surface area (Å²) < 4.78 is 51.6. The van der Waals surface area contributed by atoms with Gasteiger partial charge in [0.25, 0.3) is 0 Å². The van der Waals surface area contributed by atoms with Crippen molar-refractivity contribution in [2.75, 3.05) is 70.3 Å². The van der Waals surface area contributed by atoms with Crippen molar-refractivity contribution in [2.45, 2.75) is 33.7 Å². The number of hydrogen-bond donors (Lipinski definition) is 1. The monoisotopic (exact) mass is 690 g/mol. The van der Waals surface area contributed by atoms with E-state index in [0.717, 1.165) is 45.7 Å². The van der Waals surface area contributed by atoms with Crippen molar-refractivity contribution in [2.24, 2.45) is 0 Å². The second-order valence-corrected chi connectivity index (χ2v) is 12.0. The molecule has 0 bridgehead atoms. The zero-order valence-electron chi connectivity index (χ0n) is 29.2. The molecule has 1 aliphatic heterocycles. The Morgan fingerprint density at radius 3 is 2.26 bits per heavy atom. The van der Waals surface area contributed by atoms with E-state index in [2.05, 4.69) is 32.0 Å². The minimum Gasteiger partial charge on any atom is -0.497 e. The van der Waals surface area contributed by atoms with Gasteiger partial charge in [0.15, 0.2) is 11.6 Å². The zero-order valence-corrected chi connectivity index (χ0v) is 29.2. The summed E-state index contributed by atoms with van der Waals surface area (Å²) in [7, 11) is 3.06. The summed E-state index contributed by atoms with van der Waals surface area (Å²) in [6.07, 6.45) is 1.85. The van der Waals surface area contributed by atoms with Crippen LogP contribution in [0.5, 0.6) is 23.0 Å². The van der Waals surface area contributed by atoms with Crippen LogP contribution < -0.4 is 29.2 Å². The first-order chi connectivity index (χ1) is 24.2. The zero-order chi connectivity index (χ0) is 35.6. The van der Waals surface area contributed by atoms with Gasteiger partial charge in [-0.05, 0) is 86.5 Å². The minimum atomic E-state index is -0.771. The molecule has 0 radical (unpaired) electrons. The van der Waals surface area contributed by atoms with Gasteiger partial charge >= 0.3 is 6.09 Å². The average molecular weight is 691 g/mol. The molecule has 5 rings (SSSR count). The number of aromatic nitrogens is 2. The van der Waals surface area contributed by atoms with Crippen LogP contribution in [0.3, 0.4) is 0 Å². The maximum atomic E-state index is 15.1. The molecule has 1 amide bonds. The fourth-order valence-corrected chi connectivity index (χ4v) is 5.84. The topological polar surface area (TPSA) is 102 Å². The molecule has 50 heavy (non-hydrogen) atoms. The van der Waals surface area contributed by atoms with E-state index in [4.69, 9.17) is 18.9 Å². The van der Waals surface area contributed by atoms with Crippen molar-refractivity contribution in [3.63, 3.8) is 0 Å². The fraction of sp³-hybridized carbons (Fsp3) is 0.378. The molecule has 2 heterocycles. The maximum Gasteiger partial charge on any atom is 0.421 e. The fourth-order valence-electron chi connectivity index (χ4n) is 5.84. The number of piperazine rings is 1. The van der Waals surface area contributed by atoms with Crippen LogP contribution in [0.1, 0.15) is 30.0 Å². The number of amides is 1. The van der Waals surface area contributed by atoms with Gasteiger partial charge in [-0.1, -0.05) is 6.92 Å². The lowest BCUT2D eigenvalue weighted by atomic mass is 10.1. The van der Waals surface area contributed by atoms with Gasteiger partial charge in [0.05, 0.1) is 20.8 Å². The van der Waals surface area contributed by atoms with E-state index in [-0.39, 0.29) is 29.8 Å². The molecule has 1 fully saturated rings. The minimum absolute atomic E-state index is 0.0238. The van der Waals surface area contributed by atoms with Crippen molar-refractivity contribution in [3.05, 3.63) is 89.1 Å². The SMILES string of the molecule is CCCN1CCN(CCOc2ccc(Nc3nccc(N(Cc4cc(OC)ccc4OC)C(=O)Oc4c(C)cc(F)cc4C)n3)cc2F)CC1. The Hall–Kier alpha value is -5.01. The van der Waals surface area contributed by atoms with Crippen molar-refractivity contribution >= 4 is 23.5 Å². The molecule has 1 aromatic heterocycles. The molecule has 1 aliphatic rings. The molecule has 0 saturated carbocycles. The smallest absolute Gasteiger partial charge is 0.421 e. The highest BCUT2D eigenvalue weighted by molar-refractivity contribution is 5.88. The van der Waals surface area contributed by atoms with Crippen LogP contribution in [-0.2, 0) is 6.54 Å². The number of benzene rings is 3. The normalized spacial score (nSPS) is 13.5. The highest BCUT2D eigenvalue weighted by Crippen LogP contribution is 2.30. The van der Waals surface area contributed by atoms with Crippen LogP contribution in [0.25, 0.3) is 0 Å². The highest BCUT2D eigenvalue weighted by Gasteiger charge is 2.24. The van der Waals surface area contributed by atoms with E-state index >= 15 is 4.39 Å². The lowest BCUT2D eigenvalue weighted by Crippen LogP contribution is -2.47. The van der Waals surface area contributed by atoms with E-state index in [0.29, 0.717) is 40.5 Å². The van der Waals surface area contributed by atoms with Crippen LogP contribution in [0.2, 0.25) is 0 Å². The molecule has 0 aliphatic carbocycles. The summed E-state index contributed by atoms with van der Waals surface area (Å²) in [5, 5.41) is 3.01. The summed E-state index contributed by atoms with van der Waals surface area (Å²) >= 11 is 0. The number of carbonyl (C=O) groups excluding carboxylic acids is 1. The first kappa shape index (κ1) is 36.3. The Morgan fingerprint density at radius 1 is 0.900 bits per heavy atom. The molecule has 11 nitrogen and oxygen atoms in total. The summed E-state index contributed by atoms with van der Waals surface area (Å²) in [5.41, 5.74) is 1.92. The Labute approximate surface area is 291 Å². The lowest BCUT2D eigenvalue weighted by molar-refractivity contribution is 0.116. The summed E-state index contributed by atoms with van der Waals surface area (Å²) in [5.74, 6) is 0.798. The number of anilines is 3. The van der Waals surface area contributed by atoms with E-state index in [1.165, 1.54) is 43.5 Å². The van der Waals surface area contributed by atoms with E-state index < -0.39 is 17.7 Å². The van der Waals surface area contributed by atoms with E-state index in [1.54, 1.807) is 50.2 Å². The Kier molecular flexibility index (Phi) is 12.4. The number of nitrogens with one attached hydrogen (secondary N) is 1. The van der Waals surface area contributed by atoms with Gasteiger partial charge in [-0.3, -0.25) is 9.80 Å². The predicted molar refractivity (Wildman–Crippen MR) is 188 cm³/mol. The van der Waals surface area contributed by atoms with Crippen LogP contribution in [0.15, 0.2) is 60.8 Å². The maximum absolute atomic E-state index is 15.1. The number of rotatable bonds is 14. The van der Waals surface area contributed by atoms with Gasteiger partial charge in [-0.2, -0.15) is 4.98 Å². The van der Waals surface area contributed by atoms with E-state index in [9.17, 15) is 9.18 Å². The van der Waals surface area contributed by atoms with Crippen molar-refractivity contribution in [1.29, 1.82) is 0 Å². The predicted octanol–water partition coefficient (Wildman–Crippen LogP) is 6.74. The quantitative estimate of drug-likeness (QED) is 0.153. The van der Waals surface area contributed by atoms with Crippen molar-refractivity contribution in [1.82, 2.24) is 19.8 Å². The van der Waals surface area contributed by atoms with Gasteiger partial charge in [0.1, 0.15) is 35.5 Å². The van der Waals surface area contributed by atoms with Crippen LogP contribution >= 0.6 is 0 Å². The molecular formula is C37H44F2N6O5. The van der Waals surface area contributed by atoms with Gasteiger partial charge in [-0.15, -0.1) is 0 Å². The molecule has 1 N–H and O–H groups in total. The van der Waals surface area contributed by atoms with Gasteiger partial charge in [0.2, 0.25) is 5.95 Å². The third kappa shape index (κ3) is 9.36. The van der Waals surface area contributed by atoms with Crippen molar-refractivity contribution < 1.29 is 32.5 Å². The molecule has 0 spiro atoms. The first-order valence-corrected chi connectivity index (χ1v) is 16.6. The molecule has 3 aromatic carbocycles. The number of methoxy groups -OCH3 is 2. The van der Waals surface area contributed by atoms with Crippen LogP contribution in [0.4, 0.5) is 31.0 Å². The Balaban J connectivity index is 1.31. The second kappa shape index (κ2) is 17.1. The van der Waals surface area contributed by atoms with Crippen LogP contribution in [-0.4, -0.2) is 86.0 Å². The highest BCUT2D eigenvalue weighted by atomic mass is 19.1. The molecule has 0 unspecified atom stereocenters. The molecule has 266 valence electrons. The third-order valence-corrected chi connectivity index (χ3v) is 8.43. The molecular weight excluding hydrogens is 646 g/mol. The third-order valence-electron chi connectivity index (χ3n) is 8.43. The van der Waals surface area contributed by atoms with Crippen molar-refractivity contribution in [3.8, 4) is 23.0 Å². The van der Waals surface area contributed by atoms with Gasteiger partial charge in [-0.25, -0.2) is 18.6 Å². The summed E-state index contributed by atoms with van der Waals surface area (Å²) in [6.45, 7) is 11.7. The Bertz CT molecular complexity index is 1750. The van der Waals surface area contributed by atoms with Gasteiger partial charge in [0, 0.05) is 56.2 Å². The Morgan fingerprint density at radius 2 is 1.60 bits per heavy atom. The second-order valence-electron chi connectivity index (χ2n) is 12.0.